The fourth-order valence-corrected chi connectivity index (χ4v) is 6.32. The molecule has 1 N–H and O–H groups in total. The van der Waals surface area contributed by atoms with Gasteiger partial charge in [-0.2, -0.15) is 0 Å². The van der Waals surface area contributed by atoms with Crippen molar-refractivity contribution in [1.82, 2.24) is 10.2 Å². The van der Waals surface area contributed by atoms with Crippen molar-refractivity contribution in [3.05, 3.63) is 92.4 Å². The Hall–Kier alpha value is -2.59. The second-order valence-electron chi connectivity index (χ2n) is 9.61. The minimum absolute atomic E-state index is 0.0408. The smallest absolute Gasteiger partial charge is 0.264 e. The van der Waals surface area contributed by atoms with Gasteiger partial charge in [-0.05, 0) is 75.7 Å². The highest BCUT2D eigenvalue weighted by atomic mass is 79.9. The first kappa shape index (κ1) is 31.9. The number of aryl methyl sites for hydroxylation is 1. The molecular weight excluding hydrogens is 637 g/mol. The zero-order valence-electron chi connectivity index (χ0n) is 22.7. The molecule has 0 aliphatic heterocycles. The number of hydrogen-bond acceptors (Lipinski definition) is 4. The van der Waals surface area contributed by atoms with Crippen LogP contribution < -0.4 is 9.62 Å². The fraction of sp³-hybridized carbons (Fsp3) is 0.310. The van der Waals surface area contributed by atoms with E-state index in [1.807, 2.05) is 20.8 Å². The van der Waals surface area contributed by atoms with E-state index in [2.05, 4.69) is 21.2 Å². The normalized spacial score (nSPS) is 12.2. The van der Waals surface area contributed by atoms with Crippen LogP contribution in [-0.2, 0) is 26.2 Å². The van der Waals surface area contributed by atoms with E-state index >= 15 is 0 Å². The van der Waals surface area contributed by atoms with E-state index in [0.29, 0.717) is 21.3 Å². The van der Waals surface area contributed by atoms with Crippen molar-refractivity contribution < 1.29 is 18.0 Å². The third kappa shape index (κ3) is 7.78. The zero-order chi connectivity index (χ0) is 29.6. The number of carbonyl (C=O) groups is 2. The second kappa shape index (κ2) is 13.9. The number of sulfonamides is 1. The molecule has 214 valence electrons. The van der Waals surface area contributed by atoms with Crippen LogP contribution >= 0.6 is 39.1 Å². The van der Waals surface area contributed by atoms with Gasteiger partial charge in [0.1, 0.15) is 12.6 Å². The molecule has 0 aliphatic rings. The van der Waals surface area contributed by atoms with Crippen LogP contribution in [0, 0.1) is 6.92 Å². The van der Waals surface area contributed by atoms with Crippen LogP contribution in [0.15, 0.2) is 76.1 Å². The first-order chi connectivity index (χ1) is 18.8. The average Bonchev–Trinajstić information content (AvgIpc) is 2.89. The van der Waals surface area contributed by atoms with Crippen molar-refractivity contribution in [2.24, 2.45) is 0 Å². The molecule has 0 radical (unpaired) electrons. The first-order valence-electron chi connectivity index (χ1n) is 12.7. The molecule has 0 aliphatic carbocycles. The molecule has 0 bridgehead atoms. The summed E-state index contributed by atoms with van der Waals surface area (Å²) in [7, 11) is -4.16. The Morgan fingerprint density at radius 2 is 1.52 bits per heavy atom. The topological polar surface area (TPSA) is 86.8 Å². The van der Waals surface area contributed by atoms with Gasteiger partial charge >= 0.3 is 0 Å². The molecule has 0 fully saturated rings. The molecule has 3 rings (SSSR count). The Morgan fingerprint density at radius 1 is 0.950 bits per heavy atom. The molecule has 3 aromatic rings. The van der Waals surface area contributed by atoms with Gasteiger partial charge in [0.15, 0.2) is 0 Å². The number of nitrogens with zero attached hydrogens (tertiary/aromatic N) is 2. The van der Waals surface area contributed by atoms with Crippen LogP contribution in [-0.4, -0.2) is 43.8 Å². The molecule has 7 nitrogen and oxygen atoms in total. The molecular formula is C29H32BrCl2N3O4S. The highest BCUT2D eigenvalue weighted by Crippen LogP contribution is 2.29. The van der Waals surface area contributed by atoms with E-state index in [4.69, 9.17) is 23.2 Å². The number of rotatable bonds is 11. The van der Waals surface area contributed by atoms with Gasteiger partial charge in [-0.25, -0.2) is 8.42 Å². The number of benzene rings is 3. The second-order valence-corrected chi connectivity index (χ2v) is 13.2. The highest BCUT2D eigenvalue weighted by Gasteiger charge is 2.34. The maximum absolute atomic E-state index is 14.1. The van der Waals surface area contributed by atoms with Crippen LogP contribution in [0.4, 0.5) is 5.69 Å². The van der Waals surface area contributed by atoms with E-state index in [1.54, 1.807) is 61.5 Å². The van der Waals surface area contributed by atoms with Gasteiger partial charge < -0.3 is 10.2 Å². The summed E-state index contributed by atoms with van der Waals surface area (Å²) in [4.78, 5) is 28.7. The third-order valence-electron chi connectivity index (χ3n) is 6.21. The van der Waals surface area contributed by atoms with E-state index in [9.17, 15) is 18.0 Å². The number of anilines is 1. The molecule has 0 saturated carbocycles. The van der Waals surface area contributed by atoms with E-state index in [0.717, 1.165) is 14.3 Å². The van der Waals surface area contributed by atoms with E-state index < -0.39 is 28.5 Å². The number of hydrogen-bond donors (Lipinski definition) is 1. The Balaban J connectivity index is 2.10. The number of nitrogens with one attached hydrogen (secondary N) is 1. The predicted octanol–water partition coefficient (Wildman–Crippen LogP) is 6.59. The van der Waals surface area contributed by atoms with Crippen LogP contribution in [0.25, 0.3) is 0 Å². The third-order valence-corrected chi connectivity index (χ3v) is 9.23. The van der Waals surface area contributed by atoms with Crippen molar-refractivity contribution in [1.29, 1.82) is 0 Å². The summed E-state index contributed by atoms with van der Waals surface area (Å²) in [5, 5.41) is 3.53. The quantitative estimate of drug-likeness (QED) is 0.250. The lowest BCUT2D eigenvalue weighted by atomic mass is 10.1. The van der Waals surface area contributed by atoms with Crippen LogP contribution in [0.3, 0.4) is 0 Å². The molecule has 0 heterocycles. The highest BCUT2D eigenvalue weighted by molar-refractivity contribution is 9.10. The molecule has 1 atom stereocenters. The van der Waals surface area contributed by atoms with Crippen LogP contribution in [0.1, 0.15) is 38.3 Å². The van der Waals surface area contributed by atoms with Crippen molar-refractivity contribution in [3.8, 4) is 0 Å². The van der Waals surface area contributed by atoms with Crippen LogP contribution in [0.2, 0.25) is 10.0 Å². The lowest BCUT2D eigenvalue weighted by Gasteiger charge is -2.34. The van der Waals surface area contributed by atoms with Crippen molar-refractivity contribution in [2.75, 3.05) is 10.8 Å². The summed E-state index contributed by atoms with van der Waals surface area (Å²) >= 11 is 16.3. The van der Waals surface area contributed by atoms with Gasteiger partial charge in [0.25, 0.3) is 10.0 Å². The largest absolute Gasteiger partial charge is 0.352 e. The number of amides is 2. The van der Waals surface area contributed by atoms with E-state index in [-0.39, 0.29) is 29.8 Å². The molecule has 40 heavy (non-hydrogen) atoms. The minimum atomic E-state index is -4.16. The SMILES string of the molecule is CC[C@H](C(=O)NC(C)C)N(Cc1c(Cl)cccc1Cl)C(=O)CN(c1ccc(Br)cc1)S(=O)(=O)c1ccc(C)cc1. The summed E-state index contributed by atoms with van der Waals surface area (Å²) in [5.41, 5.74) is 1.66. The molecule has 0 aromatic heterocycles. The summed E-state index contributed by atoms with van der Waals surface area (Å²) in [5.74, 6) is -0.939. The zero-order valence-corrected chi connectivity index (χ0v) is 26.6. The lowest BCUT2D eigenvalue weighted by molar-refractivity contribution is -0.140. The minimum Gasteiger partial charge on any atom is -0.352 e. The predicted molar refractivity (Wildman–Crippen MR) is 164 cm³/mol. The Morgan fingerprint density at radius 3 is 2.05 bits per heavy atom. The standard InChI is InChI=1S/C29H32BrCl2N3O4S/c1-5-27(29(37)33-19(2)3)34(17-24-25(31)7-6-8-26(24)32)28(36)18-35(22-13-11-21(30)12-14-22)40(38,39)23-15-9-20(4)10-16-23/h6-16,19,27H,5,17-18H2,1-4H3,(H,33,37)/t27-/m1/s1. The van der Waals surface area contributed by atoms with Gasteiger partial charge in [-0.1, -0.05) is 69.8 Å². The van der Waals surface area contributed by atoms with Crippen LogP contribution in [0.5, 0.6) is 0 Å². The Labute approximate surface area is 254 Å². The van der Waals surface area contributed by atoms with Gasteiger partial charge in [0.05, 0.1) is 10.6 Å². The first-order valence-corrected chi connectivity index (χ1v) is 15.7. The fourth-order valence-electron chi connectivity index (χ4n) is 4.13. The van der Waals surface area contributed by atoms with Gasteiger partial charge in [-0.3, -0.25) is 13.9 Å². The molecule has 0 saturated heterocycles. The van der Waals surface area contributed by atoms with Crippen molar-refractivity contribution in [2.45, 2.75) is 57.6 Å². The molecule has 11 heteroatoms. The average molecular weight is 669 g/mol. The van der Waals surface area contributed by atoms with Crippen molar-refractivity contribution >= 4 is 66.7 Å². The Kier molecular flexibility index (Phi) is 11.1. The molecule has 0 unspecified atom stereocenters. The van der Waals surface area contributed by atoms with Gasteiger partial charge in [-0.15, -0.1) is 0 Å². The maximum atomic E-state index is 14.1. The summed E-state index contributed by atoms with van der Waals surface area (Å²) in [6.45, 7) is 6.66. The number of halogens is 3. The number of carbonyl (C=O) groups excluding carboxylic acids is 2. The summed E-state index contributed by atoms with van der Waals surface area (Å²) in [6, 6.07) is 17.0. The molecule has 2 amide bonds. The van der Waals surface area contributed by atoms with Gasteiger partial charge in [0.2, 0.25) is 11.8 Å². The lowest BCUT2D eigenvalue weighted by Crippen LogP contribution is -2.53. The Bertz CT molecular complexity index is 1430. The van der Waals surface area contributed by atoms with Crippen molar-refractivity contribution in [3.63, 3.8) is 0 Å². The maximum Gasteiger partial charge on any atom is 0.264 e. The van der Waals surface area contributed by atoms with E-state index in [1.165, 1.54) is 17.0 Å². The monoisotopic (exact) mass is 667 g/mol. The summed E-state index contributed by atoms with van der Waals surface area (Å²) < 4.78 is 29.6. The molecule has 0 spiro atoms. The summed E-state index contributed by atoms with van der Waals surface area (Å²) in [6.07, 6.45) is 0.287. The molecule has 3 aromatic carbocycles. The van der Waals surface area contributed by atoms with Gasteiger partial charge in [0, 0.05) is 32.7 Å².